The minimum Gasteiger partial charge on any atom is -0.393 e. The summed E-state index contributed by atoms with van der Waals surface area (Å²) < 4.78 is 11.6. The van der Waals surface area contributed by atoms with Gasteiger partial charge in [0, 0.05) is 19.8 Å². The first-order chi connectivity index (χ1) is 9.19. The summed E-state index contributed by atoms with van der Waals surface area (Å²) in [5.74, 6) is 1.94. The average molecular weight is 268 g/mol. The molecular weight excluding hydrogens is 240 g/mol. The molecule has 0 amide bonds. The zero-order valence-electron chi connectivity index (χ0n) is 12.1. The molecule has 0 aromatic heterocycles. The monoisotopic (exact) mass is 268 g/mol. The fourth-order valence-corrected chi connectivity index (χ4v) is 4.44. The molecule has 0 aromatic carbocycles. The van der Waals surface area contributed by atoms with Gasteiger partial charge in [0.1, 0.15) is 0 Å². The molecular formula is C16H28O3. The maximum Gasteiger partial charge on any atom is 0.0729 e. The molecule has 4 unspecified atom stereocenters. The average Bonchev–Trinajstić information content (AvgIpc) is 2.42. The minimum absolute atomic E-state index is 0.0710. The minimum atomic E-state index is -0.0730. The Morgan fingerprint density at radius 2 is 1.84 bits per heavy atom. The van der Waals surface area contributed by atoms with Gasteiger partial charge >= 0.3 is 0 Å². The van der Waals surface area contributed by atoms with E-state index in [0.717, 1.165) is 57.8 Å². The molecule has 0 aromatic rings. The molecule has 1 N–H and O–H groups in total. The van der Waals surface area contributed by atoms with Crippen molar-refractivity contribution in [1.29, 1.82) is 0 Å². The number of aliphatic hydroxyl groups is 1. The van der Waals surface area contributed by atoms with Crippen LogP contribution in [-0.2, 0) is 9.47 Å². The highest BCUT2D eigenvalue weighted by atomic mass is 16.5. The molecule has 1 saturated carbocycles. The predicted octanol–water partition coefficient (Wildman–Crippen LogP) is 2.76. The van der Waals surface area contributed by atoms with Crippen molar-refractivity contribution in [3.8, 4) is 0 Å². The smallest absolute Gasteiger partial charge is 0.0729 e. The number of rotatable bonds is 1. The van der Waals surface area contributed by atoms with E-state index in [2.05, 4.69) is 6.92 Å². The molecule has 2 aliphatic heterocycles. The van der Waals surface area contributed by atoms with Gasteiger partial charge in [-0.25, -0.2) is 0 Å². The Bertz CT molecular complexity index is 293. The van der Waals surface area contributed by atoms with E-state index < -0.39 is 0 Å². The molecule has 1 aliphatic carbocycles. The second-order valence-electron chi connectivity index (χ2n) is 7.05. The van der Waals surface area contributed by atoms with Gasteiger partial charge < -0.3 is 14.6 Å². The van der Waals surface area contributed by atoms with Crippen LogP contribution in [0.1, 0.15) is 51.9 Å². The quantitative estimate of drug-likeness (QED) is 0.795. The van der Waals surface area contributed by atoms with Crippen molar-refractivity contribution in [1.82, 2.24) is 0 Å². The summed E-state index contributed by atoms with van der Waals surface area (Å²) in [6, 6.07) is 0. The molecule has 2 heterocycles. The topological polar surface area (TPSA) is 38.7 Å². The molecule has 1 spiro atoms. The molecule has 0 radical (unpaired) electrons. The summed E-state index contributed by atoms with van der Waals surface area (Å²) in [6.45, 7) is 4.90. The maximum atomic E-state index is 10.4. The highest BCUT2D eigenvalue weighted by Gasteiger charge is 2.43. The van der Waals surface area contributed by atoms with E-state index in [0.29, 0.717) is 11.8 Å². The summed E-state index contributed by atoms with van der Waals surface area (Å²) in [4.78, 5) is 0. The zero-order chi connectivity index (χ0) is 13.3. The van der Waals surface area contributed by atoms with Crippen molar-refractivity contribution in [2.24, 2.45) is 17.8 Å². The fraction of sp³-hybridized carbons (Fsp3) is 1.00. The Morgan fingerprint density at radius 3 is 2.63 bits per heavy atom. The van der Waals surface area contributed by atoms with Gasteiger partial charge in [-0.3, -0.25) is 0 Å². The second-order valence-corrected chi connectivity index (χ2v) is 7.05. The van der Waals surface area contributed by atoms with Gasteiger partial charge in [-0.15, -0.1) is 0 Å². The van der Waals surface area contributed by atoms with Crippen molar-refractivity contribution in [2.45, 2.75) is 63.6 Å². The molecule has 110 valence electrons. The van der Waals surface area contributed by atoms with Crippen molar-refractivity contribution in [3.63, 3.8) is 0 Å². The van der Waals surface area contributed by atoms with Crippen LogP contribution in [0.5, 0.6) is 0 Å². The van der Waals surface area contributed by atoms with Crippen LogP contribution < -0.4 is 0 Å². The number of hydrogen-bond acceptors (Lipinski definition) is 3. The first kappa shape index (κ1) is 13.8. The lowest BCUT2D eigenvalue weighted by atomic mass is 9.68. The molecule has 3 aliphatic rings. The normalized spacial score (nSPS) is 43.3. The molecule has 2 saturated heterocycles. The molecule has 0 bridgehead atoms. The van der Waals surface area contributed by atoms with E-state index in [4.69, 9.17) is 9.47 Å². The van der Waals surface area contributed by atoms with Crippen molar-refractivity contribution < 1.29 is 14.6 Å². The Kier molecular flexibility index (Phi) is 4.16. The predicted molar refractivity (Wildman–Crippen MR) is 74.0 cm³/mol. The van der Waals surface area contributed by atoms with Crippen molar-refractivity contribution in [2.75, 3.05) is 19.8 Å². The molecule has 3 fully saturated rings. The summed E-state index contributed by atoms with van der Waals surface area (Å²) in [7, 11) is 0. The SMILES string of the molecule is CC1CCC(O)C(C2CCOC3(CCOCC3)C2)C1. The second kappa shape index (κ2) is 5.71. The lowest BCUT2D eigenvalue weighted by Gasteiger charge is -2.47. The van der Waals surface area contributed by atoms with E-state index in [1.807, 2.05) is 0 Å². The number of hydrogen-bond donors (Lipinski definition) is 1. The zero-order valence-corrected chi connectivity index (χ0v) is 12.1. The van der Waals surface area contributed by atoms with Crippen LogP contribution in [-0.4, -0.2) is 36.6 Å². The van der Waals surface area contributed by atoms with Crippen LogP contribution in [0.4, 0.5) is 0 Å². The van der Waals surface area contributed by atoms with Crippen LogP contribution in [0.2, 0.25) is 0 Å². The maximum absolute atomic E-state index is 10.4. The summed E-state index contributed by atoms with van der Waals surface area (Å²) in [6.07, 6.45) is 7.69. The highest BCUT2D eigenvalue weighted by Crippen LogP contribution is 2.44. The van der Waals surface area contributed by atoms with Crippen LogP contribution in [0.15, 0.2) is 0 Å². The summed E-state index contributed by atoms with van der Waals surface area (Å²) in [5, 5.41) is 10.4. The fourth-order valence-electron chi connectivity index (χ4n) is 4.44. The summed E-state index contributed by atoms with van der Waals surface area (Å²) >= 11 is 0. The number of ether oxygens (including phenoxy) is 2. The Balaban J connectivity index is 1.66. The van der Waals surface area contributed by atoms with E-state index in [-0.39, 0.29) is 11.7 Å². The van der Waals surface area contributed by atoms with Gasteiger partial charge in [0.05, 0.1) is 11.7 Å². The first-order valence-electron chi connectivity index (χ1n) is 8.08. The van der Waals surface area contributed by atoms with E-state index in [9.17, 15) is 5.11 Å². The Labute approximate surface area is 116 Å². The Morgan fingerprint density at radius 1 is 1.05 bits per heavy atom. The first-order valence-corrected chi connectivity index (χ1v) is 8.08. The molecule has 3 heteroatoms. The van der Waals surface area contributed by atoms with E-state index in [1.165, 1.54) is 12.8 Å². The summed E-state index contributed by atoms with van der Waals surface area (Å²) in [5.41, 5.74) is 0.0710. The Hall–Kier alpha value is -0.120. The van der Waals surface area contributed by atoms with Crippen LogP contribution in [0.25, 0.3) is 0 Å². The van der Waals surface area contributed by atoms with Gasteiger partial charge in [0.15, 0.2) is 0 Å². The van der Waals surface area contributed by atoms with Gasteiger partial charge in [-0.2, -0.15) is 0 Å². The third kappa shape index (κ3) is 2.98. The van der Waals surface area contributed by atoms with Crippen LogP contribution in [0.3, 0.4) is 0 Å². The largest absolute Gasteiger partial charge is 0.393 e. The lowest BCUT2D eigenvalue weighted by molar-refractivity contribution is -0.160. The molecule has 3 nitrogen and oxygen atoms in total. The van der Waals surface area contributed by atoms with Crippen LogP contribution >= 0.6 is 0 Å². The van der Waals surface area contributed by atoms with Gasteiger partial charge in [-0.1, -0.05) is 6.92 Å². The van der Waals surface area contributed by atoms with Crippen LogP contribution in [0, 0.1) is 17.8 Å². The van der Waals surface area contributed by atoms with Gasteiger partial charge in [0.25, 0.3) is 0 Å². The molecule has 3 rings (SSSR count). The standard InChI is InChI=1S/C16H28O3/c1-12-2-3-15(17)14(10-12)13-4-7-19-16(11-13)5-8-18-9-6-16/h12-15,17H,2-11H2,1H3. The molecule has 4 atom stereocenters. The van der Waals surface area contributed by atoms with Gasteiger partial charge in [0.2, 0.25) is 0 Å². The third-order valence-corrected chi connectivity index (χ3v) is 5.66. The number of aliphatic hydroxyl groups excluding tert-OH is 1. The lowest BCUT2D eigenvalue weighted by Crippen LogP contribution is -2.47. The highest BCUT2D eigenvalue weighted by molar-refractivity contribution is 4.93. The van der Waals surface area contributed by atoms with Crippen molar-refractivity contribution in [3.05, 3.63) is 0 Å². The van der Waals surface area contributed by atoms with E-state index in [1.54, 1.807) is 0 Å². The third-order valence-electron chi connectivity index (χ3n) is 5.66. The van der Waals surface area contributed by atoms with Gasteiger partial charge in [-0.05, 0) is 62.7 Å². The molecule has 19 heavy (non-hydrogen) atoms. The van der Waals surface area contributed by atoms with Crippen molar-refractivity contribution >= 4 is 0 Å². The van der Waals surface area contributed by atoms with E-state index >= 15 is 0 Å².